The monoisotopic (exact) mass is 430 g/mol. The van der Waals surface area contributed by atoms with Crippen molar-refractivity contribution in [3.05, 3.63) is 10.1 Å². The molecule has 0 spiro atoms. The Labute approximate surface area is 149 Å². The van der Waals surface area contributed by atoms with Gasteiger partial charge in [0.1, 0.15) is 0 Å². The van der Waals surface area contributed by atoms with Crippen molar-refractivity contribution in [2.45, 2.75) is 86.5 Å². The van der Waals surface area contributed by atoms with Gasteiger partial charge in [0.25, 0.3) is 0 Å². The molecule has 1 saturated heterocycles. The van der Waals surface area contributed by atoms with Gasteiger partial charge in [0.15, 0.2) is 0 Å². The predicted octanol–water partition coefficient (Wildman–Crippen LogP) is 6.03. The summed E-state index contributed by atoms with van der Waals surface area (Å²) >= 11 is -2.17. The molecule has 0 N–H and O–H groups in total. The van der Waals surface area contributed by atoms with Crippen LogP contribution in [0, 0.1) is 5.41 Å². The summed E-state index contributed by atoms with van der Waals surface area (Å²) in [6.45, 7) is 13.0. The molecule has 0 saturated carbocycles. The Bertz CT molecular complexity index is 312. The van der Waals surface area contributed by atoms with Gasteiger partial charge in [-0.1, -0.05) is 0 Å². The number of rotatable bonds is 11. The van der Waals surface area contributed by atoms with E-state index in [-0.39, 0.29) is 12.5 Å². The van der Waals surface area contributed by atoms with Crippen LogP contribution in [0.4, 0.5) is 0 Å². The van der Waals surface area contributed by atoms with Crippen LogP contribution in [0.5, 0.6) is 0 Å². The van der Waals surface area contributed by atoms with E-state index in [1.807, 2.05) is 0 Å². The average molecular weight is 429 g/mol. The third kappa shape index (κ3) is 8.44. The van der Waals surface area contributed by atoms with Crippen LogP contribution in [0.15, 0.2) is 10.1 Å². The van der Waals surface area contributed by atoms with Crippen molar-refractivity contribution in [3.8, 4) is 0 Å². The van der Waals surface area contributed by atoms with Gasteiger partial charge in [-0.2, -0.15) is 0 Å². The van der Waals surface area contributed by atoms with Gasteiger partial charge in [-0.15, -0.1) is 0 Å². The molecule has 0 aromatic carbocycles. The van der Waals surface area contributed by atoms with Crippen molar-refractivity contribution in [1.82, 2.24) is 0 Å². The van der Waals surface area contributed by atoms with E-state index in [0.717, 1.165) is 13.2 Å². The van der Waals surface area contributed by atoms with Crippen molar-refractivity contribution in [2.75, 3.05) is 13.2 Å². The number of hydrogen-bond acceptors (Lipinski definition) is 2. The molecule has 1 aliphatic rings. The first-order valence-corrected chi connectivity index (χ1v) is 17.6. The second-order valence-electron chi connectivity index (χ2n) is 8.19. The summed E-state index contributed by atoms with van der Waals surface area (Å²) in [6, 6.07) is 0. The van der Waals surface area contributed by atoms with Crippen molar-refractivity contribution in [2.24, 2.45) is 5.41 Å². The molecule has 1 heterocycles. The van der Waals surface area contributed by atoms with Crippen LogP contribution in [0.3, 0.4) is 0 Å². The molecule has 1 aliphatic heterocycles. The van der Waals surface area contributed by atoms with Crippen LogP contribution in [0.25, 0.3) is 0 Å². The van der Waals surface area contributed by atoms with Gasteiger partial charge in [-0.25, -0.2) is 0 Å². The van der Waals surface area contributed by atoms with Gasteiger partial charge in [-0.05, 0) is 0 Å². The minimum atomic E-state index is -2.17. The molecule has 1 fully saturated rings. The fraction of sp³-hybridized carbons (Fsp3) is 0.895. The third-order valence-electron chi connectivity index (χ3n) is 4.97. The fourth-order valence-electron chi connectivity index (χ4n) is 3.31. The summed E-state index contributed by atoms with van der Waals surface area (Å²) in [5.74, 6) is 2.30. The maximum absolute atomic E-state index is 5.93. The zero-order valence-electron chi connectivity index (χ0n) is 16.3. The van der Waals surface area contributed by atoms with Gasteiger partial charge in [-0.3, -0.25) is 0 Å². The average Bonchev–Trinajstić information content (AvgIpc) is 2.54. The van der Waals surface area contributed by atoms with Crippen LogP contribution >= 0.6 is 0 Å². The quantitative estimate of drug-likeness (QED) is 0.374. The number of unbranched alkanes of at least 4 members (excludes halogenated alkanes) is 3. The molecule has 0 atom stereocenters. The first kappa shape index (κ1) is 21.6. The second kappa shape index (κ2) is 11.2. The molecule has 4 heteroatoms. The summed E-state index contributed by atoms with van der Waals surface area (Å²) in [6.07, 6.45) is 8.22. The molecular weight excluding hydrogens is 390 g/mol. The molecular formula is C19H39BO2Sn. The molecule has 0 aromatic heterocycles. The Kier molecular flexibility index (Phi) is 10.5. The van der Waals surface area contributed by atoms with E-state index >= 15 is 0 Å². The van der Waals surface area contributed by atoms with E-state index in [0.29, 0.717) is 0 Å². The van der Waals surface area contributed by atoms with Crippen molar-refractivity contribution >= 4 is 25.5 Å². The Hall–Kier alpha value is 0.524. The molecule has 0 radical (unpaired) electrons. The molecule has 1 rings (SSSR count). The molecule has 0 unspecified atom stereocenters. The SMILES string of the molecule is CCC[CH2][Sn](/[CH]=C\B1OCC(C)(C)CO1)([CH2]CCC)[CH2]CCC. The van der Waals surface area contributed by atoms with Crippen LogP contribution in [0.2, 0.25) is 13.3 Å². The van der Waals surface area contributed by atoms with Crippen LogP contribution in [-0.4, -0.2) is 38.7 Å². The molecule has 0 aliphatic carbocycles. The Balaban J connectivity index is 2.73. The van der Waals surface area contributed by atoms with E-state index < -0.39 is 18.4 Å². The molecule has 0 aromatic rings. The summed E-state index contributed by atoms with van der Waals surface area (Å²) < 4.78 is 19.1. The standard InChI is InChI=1S/C7H12BO2.3C4H9.Sn/c1-4-8-9-5-7(2,3)6-10-8;3*1-3-4-2;/h1,4H,5-6H2,2-3H3;3*1,3-4H2,2H3;. The second-order valence-corrected chi connectivity index (χ2v) is 21.2. The first-order chi connectivity index (χ1) is 11.0. The van der Waals surface area contributed by atoms with Gasteiger partial charge < -0.3 is 0 Å². The predicted molar refractivity (Wildman–Crippen MR) is 105 cm³/mol. The molecule has 2 nitrogen and oxygen atoms in total. The van der Waals surface area contributed by atoms with Crippen LogP contribution < -0.4 is 0 Å². The van der Waals surface area contributed by atoms with Gasteiger partial charge in [0, 0.05) is 0 Å². The normalized spacial score (nSPS) is 18.7. The number of hydrogen-bond donors (Lipinski definition) is 0. The Morgan fingerprint density at radius 2 is 1.30 bits per heavy atom. The van der Waals surface area contributed by atoms with E-state index in [9.17, 15) is 0 Å². The van der Waals surface area contributed by atoms with Gasteiger partial charge in [0.2, 0.25) is 0 Å². The summed E-state index contributed by atoms with van der Waals surface area (Å²) in [5, 5.41) is 0. The van der Waals surface area contributed by atoms with Crippen LogP contribution in [0.1, 0.15) is 73.1 Å². The van der Waals surface area contributed by atoms with Crippen molar-refractivity contribution < 1.29 is 9.31 Å². The molecule has 0 bridgehead atoms. The molecule has 23 heavy (non-hydrogen) atoms. The van der Waals surface area contributed by atoms with E-state index in [1.165, 1.54) is 51.8 Å². The topological polar surface area (TPSA) is 18.5 Å². The van der Waals surface area contributed by atoms with E-state index in [2.05, 4.69) is 44.7 Å². The molecule has 134 valence electrons. The maximum atomic E-state index is 5.93. The van der Waals surface area contributed by atoms with Gasteiger partial charge in [0.05, 0.1) is 0 Å². The first-order valence-electron chi connectivity index (χ1n) is 9.89. The molecule has 0 amide bonds. The van der Waals surface area contributed by atoms with E-state index in [1.54, 1.807) is 0 Å². The van der Waals surface area contributed by atoms with Crippen molar-refractivity contribution in [3.63, 3.8) is 0 Å². The Morgan fingerprint density at radius 1 is 0.870 bits per heavy atom. The van der Waals surface area contributed by atoms with Crippen LogP contribution in [-0.2, 0) is 9.31 Å². The van der Waals surface area contributed by atoms with Gasteiger partial charge >= 0.3 is 150 Å². The zero-order chi connectivity index (χ0) is 17.2. The summed E-state index contributed by atoms with van der Waals surface area (Å²) in [4.78, 5) is 0. The summed E-state index contributed by atoms with van der Waals surface area (Å²) in [5.41, 5.74) is 0.164. The fourth-order valence-corrected chi connectivity index (χ4v) is 17.5. The Morgan fingerprint density at radius 3 is 1.70 bits per heavy atom. The third-order valence-corrected chi connectivity index (χ3v) is 19.1. The minimum absolute atomic E-state index is 0.0935. The van der Waals surface area contributed by atoms with E-state index in [4.69, 9.17) is 9.31 Å². The zero-order valence-corrected chi connectivity index (χ0v) is 19.2. The van der Waals surface area contributed by atoms with Crippen molar-refractivity contribution in [1.29, 1.82) is 0 Å². The summed E-state index contributed by atoms with van der Waals surface area (Å²) in [7, 11) is -0.0935.